The van der Waals surface area contributed by atoms with Gasteiger partial charge in [-0.05, 0) is 48.9 Å². The average Bonchev–Trinajstić information content (AvgIpc) is 3.01. The van der Waals surface area contributed by atoms with E-state index >= 15 is 0 Å². The van der Waals surface area contributed by atoms with Gasteiger partial charge in [-0.3, -0.25) is 4.79 Å². The summed E-state index contributed by atoms with van der Waals surface area (Å²) >= 11 is 0. The Hall–Kier alpha value is -3.39. The van der Waals surface area contributed by atoms with Gasteiger partial charge in [0.2, 0.25) is 0 Å². The smallest absolute Gasteiger partial charge is 0.188 e. The normalized spacial score (nSPS) is 32.9. The van der Waals surface area contributed by atoms with Gasteiger partial charge in [0.05, 0.1) is 12.7 Å². The van der Waals surface area contributed by atoms with E-state index in [-0.39, 0.29) is 11.3 Å². The first-order valence-electron chi connectivity index (χ1n) is 13.8. The number of aliphatic hydroxyl groups is 6. The van der Waals surface area contributed by atoms with Crippen molar-refractivity contribution in [1.82, 2.24) is 0 Å². The molecule has 4 rings (SSSR count). The maximum Gasteiger partial charge on any atom is 0.188 e. The zero-order valence-electron chi connectivity index (χ0n) is 23.8. The van der Waals surface area contributed by atoms with E-state index < -0.39 is 104 Å². The molecule has 0 aliphatic carbocycles. The first-order valence-corrected chi connectivity index (χ1v) is 13.8. The molecule has 0 radical (unpaired) electrons. The van der Waals surface area contributed by atoms with Gasteiger partial charge in [-0.25, -0.2) is 0 Å². The van der Waals surface area contributed by atoms with E-state index in [1.807, 2.05) is 0 Å². The van der Waals surface area contributed by atoms with Gasteiger partial charge in [-0.2, -0.15) is 0 Å². The molecule has 0 saturated carbocycles. The molecule has 0 bridgehead atoms. The summed E-state index contributed by atoms with van der Waals surface area (Å²) in [4.78, 5) is 12.7. The second kappa shape index (κ2) is 14.8. The fourth-order valence-electron chi connectivity index (χ4n) is 4.76. The van der Waals surface area contributed by atoms with Gasteiger partial charge in [-0.1, -0.05) is 12.1 Å². The molecule has 248 valence electrons. The van der Waals surface area contributed by atoms with Gasteiger partial charge in [-0.15, -0.1) is 0 Å². The van der Waals surface area contributed by atoms with Crippen molar-refractivity contribution in [2.45, 2.75) is 74.6 Å². The van der Waals surface area contributed by atoms with Crippen molar-refractivity contribution in [3.05, 3.63) is 53.6 Å². The molecule has 2 aliphatic heterocycles. The number of aromatic hydroxyl groups is 4. The Kier molecular flexibility index (Phi) is 11.3. The van der Waals surface area contributed by atoms with E-state index in [4.69, 9.17) is 23.7 Å². The predicted octanol–water partition coefficient (Wildman–Crippen LogP) is -1.58. The number of carbonyl (C=O) groups excluding carboxylic acids is 1. The molecular formula is C29H36O16. The minimum atomic E-state index is -1.83. The number of aliphatic hydroxyl groups excluding tert-OH is 6. The first kappa shape index (κ1) is 34.5. The van der Waals surface area contributed by atoms with Gasteiger partial charge in [0.25, 0.3) is 0 Å². The molecule has 2 aromatic carbocycles. The third kappa shape index (κ3) is 8.07. The quantitative estimate of drug-likeness (QED) is 0.0754. The van der Waals surface area contributed by atoms with Crippen molar-refractivity contribution >= 4 is 11.9 Å². The molecule has 16 heteroatoms. The highest BCUT2D eigenvalue weighted by molar-refractivity contribution is 5.97. The second-order valence-corrected chi connectivity index (χ2v) is 10.5. The number of hydrogen-bond acceptors (Lipinski definition) is 16. The molecule has 2 aromatic rings. The Bertz CT molecular complexity index is 1340. The van der Waals surface area contributed by atoms with E-state index in [1.54, 1.807) is 0 Å². The molecule has 11 atom stereocenters. The Morgan fingerprint density at radius 1 is 0.844 bits per heavy atom. The van der Waals surface area contributed by atoms with E-state index in [1.165, 1.54) is 37.3 Å². The number of ketones is 1. The van der Waals surface area contributed by atoms with Gasteiger partial charge in [0, 0.05) is 5.56 Å². The van der Waals surface area contributed by atoms with Crippen molar-refractivity contribution < 1.29 is 79.5 Å². The second-order valence-electron chi connectivity index (χ2n) is 10.5. The number of phenols is 4. The molecule has 2 fully saturated rings. The van der Waals surface area contributed by atoms with Crippen LogP contribution in [0.5, 0.6) is 23.0 Å². The standard InChI is InChI=1S/C29H36O16/c1-12-22(37)23(38)24(39)29(42-12)45-27-25(40)28(41-11-19(35)14-4-6-16(32)18(34)9-14)43-20(10-30)26(27)44-21(36)7-3-13-2-5-15(31)17(33)8-13/h2-9,12,20-34,36-40H,10-11H2,1H3/b7-3+/t12-,20+,21-,22-,23+,24+,25+,26+,27+,28+,29-/m0/s1. The number of Topliss-reactive ketones (excluding diaryl/α,β-unsaturated/α-hetero) is 1. The van der Waals surface area contributed by atoms with Crippen LogP contribution in [0.2, 0.25) is 0 Å². The third-order valence-corrected chi connectivity index (χ3v) is 7.32. The van der Waals surface area contributed by atoms with Crippen LogP contribution in [0.1, 0.15) is 22.8 Å². The summed E-state index contributed by atoms with van der Waals surface area (Å²) in [6.07, 6.45) is -15.0. The summed E-state index contributed by atoms with van der Waals surface area (Å²) in [5.41, 5.74) is 0.320. The number of rotatable bonds is 11. The largest absolute Gasteiger partial charge is 0.504 e. The lowest BCUT2D eigenvalue weighted by Crippen LogP contribution is -2.65. The summed E-state index contributed by atoms with van der Waals surface area (Å²) in [5, 5.41) is 101. The molecule has 2 heterocycles. The van der Waals surface area contributed by atoms with Crippen LogP contribution >= 0.6 is 0 Å². The van der Waals surface area contributed by atoms with E-state index in [2.05, 4.69) is 0 Å². The van der Waals surface area contributed by atoms with E-state index in [9.17, 15) is 55.9 Å². The minimum Gasteiger partial charge on any atom is -0.504 e. The average molecular weight is 641 g/mol. The molecule has 45 heavy (non-hydrogen) atoms. The van der Waals surface area contributed by atoms with Crippen LogP contribution in [0.3, 0.4) is 0 Å². The van der Waals surface area contributed by atoms with Crippen molar-refractivity contribution in [2.24, 2.45) is 0 Å². The van der Waals surface area contributed by atoms with Crippen molar-refractivity contribution in [3.8, 4) is 23.0 Å². The lowest BCUT2D eigenvalue weighted by molar-refractivity contribution is -0.366. The molecule has 0 aromatic heterocycles. The van der Waals surface area contributed by atoms with Gasteiger partial charge < -0.3 is 74.7 Å². The Balaban J connectivity index is 1.54. The molecule has 16 nitrogen and oxygen atoms in total. The Labute approximate surface area is 256 Å². The number of carbonyl (C=O) groups is 1. The van der Waals surface area contributed by atoms with E-state index in [0.717, 1.165) is 18.2 Å². The van der Waals surface area contributed by atoms with Gasteiger partial charge in [0.1, 0.15) is 49.3 Å². The van der Waals surface area contributed by atoms with Crippen LogP contribution < -0.4 is 0 Å². The molecule has 2 aliphatic rings. The Morgan fingerprint density at radius 2 is 1.51 bits per heavy atom. The zero-order valence-corrected chi connectivity index (χ0v) is 23.8. The van der Waals surface area contributed by atoms with Crippen LogP contribution in [0.15, 0.2) is 42.5 Å². The molecule has 0 amide bonds. The number of hydrogen-bond donors (Lipinski definition) is 10. The molecule has 0 spiro atoms. The highest BCUT2D eigenvalue weighted by atomic mass is 16.7. The number of benzene rings is 2. The predicted molar refractivity (Wildman–Crippen MR) is 149 cm³/mol. The third-order valence-electron chi connectivity index (χ3n) is 7.32. The Morgan fingerprint density at radius 3 is 2.16 bits per heavy atom. The fraction of sp³-hybridized carbons (Fsp3) is 0.483. The number of ether oxygens (including phenoxy) is 5. The van der Waals surface area contributed by atoms with Crippen LogP contribution in [-0.4, -0.2) is 138 Å². The number of phenolic OH excluding ortho intramolecular Hbond substituents is 4. The van der Waals surface area contributed by atoms with Crippen molar-refractivity contribution in [3.63, 3.8) is 0 Å². The molecule has 0 unspecified atom stereocenters. The summed E-state index contributed by atoms with van der Waals surface area (Å²) in [7, 11) is 0. The maximum absolute atomic E-state index is 12.7. The summed E-state index contributed by atoms with van der Waals surface area (Å²) in [6, 6.07) is 7.18. The van der Waals surface area contributed by atoms with Gasteiger partial charge >= 0.3 is 0 Å². The molecule has 2 saturated heterocycles. The summed E-state index contributed by atoms with van der Waals surface area (Å²) < 4.78 is 28.0. The van der Waals surface area contributed by atoms with E-state index in [0.29, 0.717) is 5.56 Å². The lowest BCUT2D eigenvalue weighted by atomic mass is 9.97. The highest BCUT2D eigenvalue weighted by Gasteiger charge is 2.51. The molecular weight excluding hydrogens is 604 g/mol. The minimum absolute atomic E-state index is 0.0413. The lowest BCUT2D eigenvalue weighted by Gasteiger charge is -2.47. The molecule has 10 N–H and O–H groups in total. The highest BCUT2D eigenvalue weighted by Crippen LogP contribution is 2.32. The monoisotopic (exact) mass is 640 g/mol. The zero-order chi connectivity index (χ0) is 33.0. The summed E-state index contributed by atoms with van der Waals surface area (Å²) in [6.45, 7) is -0.0992. The SMILES string of the molecule is C[C@@H]1O[C@@H](O[C@@H]2[C@@H](O)[C@H](OCC(=O)c3ccc(O)c(O)c3)O[C@H](CO)[C@H]2O[C@H](O)/C=C/c2ccc(O)c(O)c2)[C@H](O)[C@H](O)[C@H]1O. The van der Waals surface area contributed by atoms with Gasteiger partial charge in [0.15, 0.2) is 47.7 Å². The first-order chi connectivity index (χ1) is 21.3. The van der Waals surface area contributed by atoms with Crippen LogP contribution in [-0.2, 0) is 23.7 Å². The fourth-order valence-corrected chi connectivity index (χ4v) is 4.76. The van der Waals surface area contributed by atoms with Crippen LogP contribution in [0, 0.1) is 0 Å². The topological polar surface area (TPSA) is 266 Å². The maximum atomic E-state index is 12.7. The van der Waals surface area contributed by atoms with Crippen LogP contribution in [0.25, 0.3) is 6.08 Å². The summed E-state index contributed by atoms with van der Waals surface area (Å²) in [5.74, 6) is -2.46. The van der Waals surface area contributed by atoms with Crippen molar-refractivity contribution in [1.29, 1.82) is 0 Å². The van der Waals surface area contributed by atoms with Crippen LogP contribution in [0.4, 0.5) is 0 Å². The van der Waals surface area contributed by atoms with Crippen molar-refractivity contribution in [2.75, 3.05) is 13.2 Å².